The van der Waals surface area contributed by atoms with Crippen LogP contribution in [0.3, 0.4) is 0 Å². The molecule has 10 rings (SSSR count). The molecule has 0 saturated carbocycles. The monoisotopic (exact) mass is 677 g/mol. The molecule has 248 valence electrons. The number of hydrogen-bond donors (Lipinski definition) is 0. The molecular weight excluding hydrogens is 647 g/mol. The molecule has 0 fully saturated rings. The van der Waals surface area contributed by atoms with Gasteiger partial charge in [0.2, 0.25) is 0 Å². The summed E-state index contributed by atoms with van der Waals surface area (Å²) in [6.45, 7) is 0. The van der Waals surface area contributed by atoms with E-state index >= 15 is 0 Å². The van der Waals surface area contributed by atoms with E-state index < -0.39 is 0 Å². The molecule has 5 heteroatoms. The summed E-state index contributed by atoms with van der Waals surface area (Å²) in [5.41, 5.74) is 9.75. The van der Waals surface area contributed by atoms with Crippen LogP contribution in [0.4, 0.5) is 0 Å². The smallest absolute Gasteiger partial charge is 0.163 e. The van der Waals surface area contributed by atoms with E-state index in [0.717, 1.165) is 78.1 Å². The lowest BCUT2D eigenvalue weighted by Gasteiger charge is -2.13. The van der Waals surface area contributed by atoms with Crippen LogP contribution < -0.4 is 0 Å². The van der Waals surface area contributed by atoms with Crippen molar-refractivity contribution in [2.75, 3.05) is 0 Å². The molecule has 7 aromatic carbocycles. The summed E-state index contributed by atoms with van der Waals surface area (Å²) >= 11 is 0. The zero-order valence-corrected chi connectivity index (χ0v) is 28.6. The van der Waals surface area contributed by atoms with Crippen LogP contribution in [0.15, 0.2) is 188 Å². The molecule has 5 nitrogen and oxygen atoms in total. The topological polar surface area (TPSA) is 56.0 Å². The molecule has 0 aliphatic rings. The summed E-state index contributed by atoms with van der Waals surface area (Å²) in [5.74, 6) is 2.23. The second kappa shape index (κ2) is 12.8. The van der Waals surface area contributed by atoms with Crippen LogP contribution in [-0.2, 0) is 0 Å². The third-order valence-corrected chi connectivity index (χ3v) is 9.82. The van der Waals surface area contributed by atoms with Gasteiger partial charge in [-0.1, -0.05) is 176 Å². The maximum atomic E-state index is 5.22. The first-order chi connectivity index (χ1) is 26.3. The zero-order valence-electron chi connectivity index (χ0n) is 28.6. The van der Waals surface area contributed by atoms with Gasteiger partial charge in [-0.15, -0.1) is 0 Å². The Kier molecular flexibility index (Phi) is 7.40. The molecule has 0 aliphatic carbocycles. The lowest BCUT2D eigenvalue weighted by atomic mass is 10.0. The molecule has 3 heterocycles. The number of benzene rings is 7. The van der Waals surface area contributed by atoms with Crippen molar-refractivity contribution in [3.63, 3.8) is 0 Å². The van der Waals surface area contributed by atoms with Crippen LogP contribution >= 0.6 is 0 Å². The number of hydrogen-bond acceptors (Lipinski definition) is 4. The molecule has 3 aromatic heterocycles. The molecule has 0 radical (unpaired) electrons. The van der Waals surface area contributed by atoms with Gasteiger partial charge < -0.3 is 0 Å². The van der Waals surface area contributed by atoms with Gasteiger partial charge >= 0.3 is 0 Å². The van der Waals surface area contributed by atoms with Gasteiger partial charge in [-0.25, -0.2) is 19.9 Å². The third-order valence-electron chi connectivity index (χ3n) is 9.82. The molecule has 0 aliphatic heterocycles. The van der Waals surface area contributed by atoms with E-state index in [4.69, 9.17) is 19.9 Å². The molecule has 0 amide bonds. The number of aromatic nitrogens is 5. The Balaban J connectivity index is 1.15. The number of rotatable bonds is 6. The maximum absolute atomic E-state index is 5.22. The first-order valence-electron chi connectivity index (χ1n) is 17.7. The fourth-order valence-electron chi connectivity index (χ4n) is 7.21. The van der Waals surface area contributed by atoms with E-state index in [9.17, 15) is 0 Å². The van der Waals surface area contributed by atoms with Gasteiger partial charge in [-0.2, -0.15) is 0 Å². The quantitative estimate of drug-likeness (QED) is 0.176. The largest absolute Gasteiger partial charge is 0.277 e. The Labute approximate surface area is 306 Å². The molecular formula is C48H31N5. The van der Waals surface area contributed by atoms with Crippen molar-refractivity contribution in [2.24, 2.45) is 0 Å². The minimum atomic E-state index is 0.693. The lowest BCUT2D eigenvalue weighted by Crippen LogP contribution is -2.03. The van der Waals surface area contributed by atoms with E-state index in [1.54, 1.807) is 0 Å². The average Bonchev–Trinajstić information content (AvgIpc) is 3.58. The Bertz CT molecular complexity index is 2920. The highest BCUT2D eigenvalue weighted by molar-refractivity contribution is 6.06. The standard InChI is InChI=1S/C48H31N5/c1-4-15-33(16-5-1)42-31-43(50-46(49-42)39-29-24-32-14-10-11-21-38(32)30-39)34-25-27-35(28-26-34)44-40-22-12-13-23-41(40)48-52-45(36-17-6-2-7-18-36)51-47(53(44)48)37-19-8-3-9-20-37/h1-31H. The normalized spacial score (nSPS) is 11.4. The van der Waals surface area contributed by atoms with Crippen molar-refractivity contribution < 1.29 is 0 Å². The first kappa shape index (κ1) is 30.6. The van der Waals surface area contributed by atoms with Crippen molar-refractivity contribution in [3.8, 4) is 67.9 Å². The van der Waals surface area contributed by atoms with Crippen molar-refractivity contribution in [3.05, 3.63) is 188 Å². The average molecular weight is 678 g/mol. The van der Waals surface area contributed by atoms with Crippen molar-refractivity contribution in [1.29, 1.82) is 0 Å². The summed E-state index contributed by atoms with van der Waals surface area (Å²) in [6, 6.07) is 65.0. The second-order valence-electron chi connectivity index (χ2n) is 13.1. The molecule has 0 N–H and O–H groups in total. The third kappa shape index (κ3) is 5.52. The van der Waals surface area contributed by atoms with Crippen LogP contribution in [0.25, 0.3) is 95.1 Å². The first-order valence-corrected chi connectivity index (χ1v) is 17.7. The molecule has 0 unspecified atom stereocenters. The molecule has 0 spiro atoms. The van der Waals surface area contributed by atoms with Gasteiger partial charge in [0, 0.05) is 38.6 Å². The predicted molar refractivity (Wildman–Crippen MR) is 216 cm³/mol. The van der Waals surface area contributed by atoms with Crippen molar-refractivity contribution in [2.45, 2.75) is 0 Å². The SMILES string of the molecule is c1ccc(-c2cc(-c3ccc(-c4c5ccccc5c5nc(-c6ccccc6)nc(-c6ccccc6)n45)cc3)nc(-c3ccc4ccccc4c3)n2)cc1. The van der Waals surface area contributed by atoms with E-state index in [0.29, 0.717) is 11.6 Å². The second-order valence-corrected chi connectivity index (χ2v) is 13.1. The van der Waals surface area contributed by atoms with Crippen LogP contribution in [0.1, 0.15) is 0 Å². The Morgan fingerprint density at radius 3 is 1.53 bits per heavy atom. The summed E-state index contributed by atoms with van der Waals surface area (Å²) < 4.78 is 2.22. The van der Waals surface area contributed by atoms with Gasteiger partial charge in [0.05, 0.1) is 17.1 Å². The fraction of sp³-hybridized carbons (Fsp3) is 0. The fourth-order valence-corrected chi connectivity index (χ4v) is 7.21. The van der Waals surface area contributed by atoms with Crippen LogP contribution in [0.2, 0.25) is 0 Å². The van der Waals surface area contributed by atoms with Gasteiger partial charge in [0.1, 0.15) is 11.5 Å². The molecule has 53 heavy (non-hydrogen) atoms. The summed E-state index contributed by atoms with van der Waals surface area (Å²) in [4.78, 5) is 20.6. The van der Waals surface area contributed by atoms with Gasteiger partial charge in [-0.3, -0.25) is 4.40 Å². The van der Waals surface area contributed by atoms with Crippen LogP contribution in [0, 0.1) is 0 Å². The van der Waals surface area contributed by atoms with Crippen LogP contribution in [0.5, 0.6) is 0 Å². The Hall–Kier alpha value is -7.24. The van der Waals surface area contributed by atoms with Gasteiger partial charge in [0.25, 0.3) is 0 Å². The van der Waals surface area contributed by atoms with Crippen molar-refractivity contribution >= 4 is 27.2 Å². The summed E-state index contributed by atoms with van der Waals surface area (Å²) in [7, 11) is 0. The summed E-state index contributed by atoms with van der Waals surface area (Å²) in [6.07, 6.45) is 0. The predicted octanol–water partition coefficient (Wildman–Crippen LogP) is 11.8. The Morgan fingerprint density at radius 1 is 0.321 bits per heavy atom. The number of fused-ring (bicyclic) bond motifs is 4. The maximum Gasteiger partial charge on any atom is 0.163 e. The van der Waals surface area contributed by atoms with E-state index in [-0.39, 0.29) is 0 Å². The minimum absolute atomic E-state index is 0.693. The highest BCUT2D eigenvalue weighted by Crippen LogP contribution is 2.38. The van der Waals surface area contributed by atoms with E-state index in [1.807, 2.05) is 42.5 Å². The highest BCUT2D eigenvalue weighted by Gasteiger charge is 2.21. The van der Waals surface area contributed by atoms with Gasteiger partial charge in [0.15, 0.2) is 11.6 Å². The molecule has 0 atom stereocenters. The highest BCUT2D eigenvalue weighted by atomic mass is 15.1. The summed E-state index contributed by atoms with van der Waals surface area (Å²) in [5, 5.41) is 4.54. The zero-order chi connectivity index (χ0) is 35.1. The van der Waals surface area contributed by atoms with Gasteiger partial charge in [-0.05, 0) is 28.5 Å². The molecule has 10 aromatic rings. The van der Waals surface area contributed by atoms with E-state index in [2.05, 4.69) is 150 Å². The minimum Gasteiger partial charge on any atom is -0.277 e. The van der Waals surface area contributed by atoms with E-state index in [1.165, 1.54) is 5.39 Å². The van der Waals surface area contributed by atoms with Crippen molar-refractivity contribution in [1.82, 2.24) is 24.3 Å². The number of nitrogens with zero attached hydrogens (tertiary/aromatic N) is 5. The molecule has 0 bridgehead atoms. The lowest BCUT2D eigenvalue weighted by molar-refractivity contribution is 1.05. The Morgan fingerprint density at radius 2 is 0.830 bits per heavy atom. The van der Waals surface area contributed by atoms with Crippen LogP contribution in [-0.4, -0.2) is 24.3 Å². The molecule has 0 saturated heterocycles.